The van der Waals surface area contributed by atoms with Crippen LogP contribution in [0.2, 0.25) is 0 Å². The van der Waals surface area contributed by atoms with E-state index in [-0.39, 0.29) is 0 Å². The number of nitrogens with two attached hydrogens (primary N) is 1. The Labute approximate surface area is 178 Å². The minimum absolute atomic E-state index is 0.416. The molecule has 0 amide bonds. The molecule has 0 atom stereocenters. The number of benzene rings is 1. The van der Waals surface area contributed by atoms with Crippen molar-refractivity contribution in [3.63, 3.8) is 0 Å². The standard InChI is InChI=1S/C23H32N6O/c1-15(24)22(16(2)25)17-3-8-21-20(13-17)23(27-14-26-21)28-18-4-6-19(7-5-18)29-9-11-30-12-10-29/h3,8,13-14,18-19,24H,4-7,9-12,25H2,1-2H3,(H,26,27,28)/b22-16+,24-15?. The fraction of sp³-hybridized carbons (Fsp3) is 0.522. The van der Waals surface area contributed by atoms with Crippen LogP contribution in [-0.4, -0.2) is 59.0 Å². The molecule has 2 heterocycles. The molecule has 1 aromatic heterocycles. The SMILES string of the molecule is CC(=N)/C(=C(/C)N)c1ccc2ncnc(NC3CCC(N4CCOCC4)CC3)c2c1. The van der Waals surface area contributed by atoms with E-state index in [0.29, 0.717) is 23.5 Å². The molecule has 1 saturated heterocycles. The molecule has 2 fully saturated rings. The Kier molecular flexibility index (Phi) is 6.29. The number of ether oxygens (including phenoxy) is 1. The van der Waals surface area contributed by atoms with Crippen LogP contribution in [0.5, 0.6) is 0 Å². The van der Waals surface area contributed by atoms with Gasteiger partial charge >= 0.3 is 0 Å². The van der Waals surface area contributed by atoms with Gasteiger partial charge in [-0.15, -0.1) is 0 Å². The summed E-state index contributed by atoms with van der Waals surface area (Å²) in [5.41, 5.74) is 9.77. The van der Waals surface area contributed by atoms with Crippen molar-refractivity contribution in [2.24, 2.45) is 5.73 Å². The van der Waals surface area contributed by atoms with Crippen LogP contribution in [0.1, 0.15) is 45.1 Å². The maximum Gasteiger partial charge on any atom is 0.137 e. The molecule has 160 valence electrons. The van der Waals surface area contributed by atoms with E-state index in [4.69, 9.17) is 15.9 Å². The first-order valence-electron chi connectivity index (χ1n) is 10.9. The van der Waals surface area contributed by atoms with Crippen molar-refractivity contribution in [1.82, 2.24) is 14.9 Å². The van der Waals surface area contributed by atoms with Crippen LogP contribution < -0.4 is 11.1 Å². The van der Waals surface area contributed by atoms with Gasteiger partial charge < -0.3 is 21.2 Å². The van der Waals surface area contributed by atoms with Gasteiger partial charge in [-0.25, -0.2) is 9.97 Å². The van der Waals surface area contributed by atoms with Gasteiger partial charge in [0.05, 0.1) is 18.7 Å². The summed E-state index contributed by atoms with van der Waals surface area (Å²) in [7, 11) is 0. The molecule has 1 saturated carbocycles. The van der Waals surface area contributed by atoms with E-state index in [1.807, 2.05) is 19.1 Å². The molecule has 2 aliphatic rings. The highest BCUT2D eigenvalue weighted by Crippen LogP contribution is 2.30. The molecule has 1 aliphatic heterocycles. The topological polar surface area (TPSA) is 100 Å². The van der Waals surface area contributed by atoms with Crippen molar-refractivity contribution < 1.29 is 4.74 Å². The Morgan fingerprint density at radius 3 is 2.53 bits per heavy atom. The number of nitrogens with one attached hydrogen (secondary N) is 2. The first-order valence-corrected chi connectivity index (χ1v) is 10.9. The van der Waals surface area contributed by atoms with Crippen LogP contribution in [0, 0.1) is 5.41 Å². The number of nitrogens with zero attached hydrogens (tertiary/aromatic N) is 3. The number of hydrogen-bond donors (Lipinski definition) is 3. The Hall–Kier alpha value is -2.51. The first-order chi connectivity index (χ1) is 14.5. The first kappa shape index (κ1) is 20.8. The van der Waals surface area contributed by atoms with E-state index >= 15 is 0 Å². The van der Waals surface area contributed by atoms with Gasteiger partial charge in [-0.3, -0.25) is 4.90 Å². The molecule has 2 aromatic rings. The summed E-state index contributed by atoms with van der Waals surface area (Å²) in [6.07, 6.45) is 6.31. The molecular weight excluding hydrogens is 376 g/mol. The highest BCUT2D eigenvalue weighted by atomic mass is 16.5. The molecule has 0 spiro atoms. The third-order valence-electron chi connectivity index (χ3n) is 6.29. The fourth-order valence-corrected chi connectivity index (χ4v) is 4.79. The summed E-state index contributed by atoms with van der Waals surface area (Å²) in [5, 5.41) is 12.7. The maximum absolute atomic E-state index is 8.09. The van der Waals surface area contributed by atoms with Crippen LogP contribution in [0.3, 0.4) is 0 Å². The lowest BCUT2D eigenvalue weighted by atomic mass is 9.90. The number of anilines is 1. The highest BCUT2D eigenvalue weighted by molar-refractivity contribution is 6.22. The van der Waals surface area contributed by atoms with Crippen LogP contribution in [0.25, 0.3) is 16.5 Å². The van der Waals surface area contributed by atoms with Crippen molar-refractivity contribution in [3.05, 3.63) is 35.8 Å². The average molecular weight is 409 g/mol. The van der Waals surface area contributed by atoms with Crippen molar-refractivity contribution >= 4 is 28.0 Å². The second kappa shape index (κ2) is 9.10. The minimum Gasteiger partial charge on any atom is -0.402 e. The lowest BCUT2D eigenvalue weighted by molar-refractivity contribution is 0.00791. The predicted molar refractivity (Wildman–Crippen MR) is 122 cm³/mol. The van der Waals surface area contributed by atoms with E-state index in [0.717, 1.165) is 67.0 Å². The van der Waals surface area contributed by atoms with E-state index < -0.39 is 0 Å². The van der Waals surface area contributed by atoms with Crippen LogP contribution in [0.15, 0.2) is 30.2 Å². The van der Waals surface area contributed by atoms with Crippen LogP contribution >= 0.6 is 0 Å². The second-order valence-electron chi connectivity index (χ2n) is 8.44. The number of morpholine rings is 1. The molecule has 30 heavy (non-hydrogen) atoms. The van der Waals surface area contributed by atoms with Gasteiger partial charge in [0.25, 0.3) is 0 Å². The van der Waals surface area contributed by atoms with E-state index in [9.17, 15) is 0 Å². The largest absolute Gasteiger partial charge is 0.402 e. The normalized spacial score (nSPS) is 23.8. The molecule has 4 N–H and O–H groups in total. The minimum atomic E-state index is 0.416. The third-order valence-corrected chi connectivity index (χ3v) is 6.29. The second-order valence-corrected chi connectivity index (χ2v) is 8.44. The summed E-state index contributed by atoms with van der Waals surface area (Å²) >= 11 is 0. The highest BCUT2D eigenvalue weighted by Gasteiger charge is 2.27. The van der Waals surface area contributed by atoms with Gasteiger partial charge in [0.1, 0.15) is 12.1 Å². The Morgan fingerprint density at radius 1 is 1.13 bits per heavy atom. The number of fused-ring (bicyclic) bond motifs is 1. The summed E-state index contributed by atoms with van der Waals surface area (Å²) < 4.78 is 5.49. The smallest absolute Gasteiger partial charge is 0.137 e. The van der Waals surface area contributed by atoms with Gasteiger partial charge in [0.15, 0.2) is 0 Å². The number of aromatic nitrogens is 2. The van der Waals surface area contributed by atoms with Gasteiger partial charge in [-0.2, -0.15) is 0 Å². The number of hydrogen-bond acceptors (Lipinski definition) is 7. The van der Waals surface area contributed by atoms with Crippen molar-refractivity contribution in [1.29, 1.82) is 5.41 Å². The summed E-state index contributed by atoms with van der Waals surface area (Å²) in [6, 6.07) is 7.12. The van der Waals surface area contributed by atoms with E-state index in [1.54, 1.807) is 13.3 Å². The zero-order chi connectivity index (χ0) is 21.1. The quantitative estimate of drug-likeness (QED) is 0.656. The van der Waals surface area contributed by atoms with Crippen molar-refractivity contribution in [2.75, 3.05) is 31.6 Å². The number of rotatable bonds is 5. The molecule has 0 bridgehead atoms. The lowest BCUT2D eigenvalue weighted by Crippen LogP contribution is -2.46. The maximum atomic E-state index is 8.09. The molecule has 4 rings (SSSR count). The summed E-state index contributed by atoms with van der Waals surface area (Å²) in [6.45, 7) is 7.45. The molecule has 1 aromatic carbocycles. The van der Waals surface area contributed by atoms with Gasteiger partial charge in [-0.05, 0) is 57.2 Å². The van der Waals surface area contributed by atoms with Crippen molar-refractivity contribution in [3.8, 4) is 0 Å². The zero-order valence-corrected chi connectivity index (χ0v) is 17.9. The van der Waals surface area contributed by atoms with Crippen molar-refractivity contribution in [2.45, 2.75) is 51.6 Å². The Balaban J connectivity index is 1.51. The summed E-state index contributed by atoms with van der Waals surface area (Å²) in [5.74, 6) is 0.869. The lowest BCUT2D eigenvalue weighted by Gasteiger charge is -2.39. The predicted octanol–water partition coefficient (Wildman–Crippen LogP) is 3.41. The molecule has 0 unspecified atom stereocenters. The summed E-state index contributed by atoms with van der Waals surface area (Å²) in [4.78, 5) is 11.6. The van der Waals surface area contributed by atoms with Crippen LogP contribution in [0.4, 0.5) is 5.82 Å². The van der Waals surface area contributed by atoms with Gasteiger partial charge in [0, 0.05) is 47.5 Å². The molecule has 7 nitrogen and oxygen atoms in total. The van der Waals surface area contributed by atoms with Crippen LogP contribution in [-0.2, 0) is 4.74 Å². The molecule has 7 heteroatoms. The third kappa shape index (κ3) is 4.47. The monoisotopic (exact) mass is 408 g/mol. The molecule has 1 aliphatic carbocycles. The molecule has 0 radical (unpaired) electrons. The Morgan fingerprint density at radius 2 is 1.87 bits per heavy atom. The Bertz CT molecular complexity index is 938. The average Bonchev–Trinajstić information content (AvgIpc) is 2.75. The fourth-order valence-electron chi connectivity index (χ4n) is 4.79. The zero-order valence-electron chi connectivity index (χ0n) is 17.9. The number of allylic oxidation sites excluding steroid dienone is 2. The van der Waals surface area contributed by atoms with Gasteiger partial charge in [-0.1, -0.05) is 6.07 Å². The van der Waals surface area contributed by atoms with E-state index in [2.05, 4.69) is 26.3 Å². The van der Waals surface area contributed by atoms with E-state index in [1.165, 1.54) is 12.8 Å². The van der Waals surface area contributed by atoms with Gasteiger partial charge in [0.2, 0.25) is 0 Å². The molecular formula is C23H32N6O.